The van der Waals surface area contributed by atoms with Gasteiger partial charge in [0.25, 0.3) is 17.5 Å². The number of esters is 1. The van der Waals surface area contributed by atoms with E-state index in [0.29, 0.717) is 17.8 Å². The first kappa shape index (κ1) is 22.7. The van der Waals surface area contributed by atoms with Crippen LogP contribution in [0, 0.1) is 6.92 Å². The molecule has 1 amide bonds. The number of rotatable bonds is 7. The van der Waals surface area contributed by atoms with Crippen molar-refractivity contribution in [2.75, 3.05) is 7.11 Å². The molecule has 0 fully saturated rings. The molecule has 1 heterocycles. The number of hydrogen-bond donors (Lipinski definition) is 1. The number of hydrogen-bond acceptors (Lipinski definition) is 5. The summed E-state index contributed by atoms with van der Waals surface area (Å²) in [5, 5.41) is 0.207. The van der Waals surface area contributed by atoms with Gasteiger partial charge in [-0.1, -0.05) is 54.6 Å². The fraction of sp³-hybridized carbons (Fsp3) is 0.111. The largest absolute Gasteiger partial charge is 0.463 e. The average Bonchev–Trinajstić information content (AvgIpc) is 3.14. The third kappa shape index (κ3) is 3.99. The van der Waals surface area contributed by atoms with Gasteiger partial charge in [0.1, 0.15) is 0 Å². The Labute approximate surface area is 195 Å². The SMILES string of the molecule is COC(=O)C(=O)c1cccc2c1c(C(=O)C(N)=O)c(C)n2Cc1cccc(-c2ccccc2)c1. The molecule has 4 aromatic rings. The second-order valence-electron chi connectivity index (χ2n) is 7.83. The zero-order valence-corrected chi connectivity index (χ0v) is 18.7. The van der Waals surface area contributed by atoms with Crippen molar-refractivity contribution in [1.82, 2.24) is 4.57 Å². The average molecular weight is 454 g/mol. The molecular weight excluding hydrogens is 432 g/mol. The predicted molar refractivity (Wildman–Crippen MR) is 128 cm³/mol. The van der Waals surface area contributed by atoms with Crippen LogP contribution >= 0.6 is 0 Å². The van der Waals surface area contributed by atoms with E-state index in [0.717, 1.165) is 23.8 Å². The molecule has 0 spiro atoms. The van der Waals surface area contributed by atoms with Crippen LogP contribution in [0.25, 0.3) is 22.0 Å². The first-order valence-electron chi connectivity index (χ1n) is 10.6. The van der Waals surface area contributed by atoms with Crippen molar-refractivity contribution in [3.8, 4) is 11.1 Å². The van der Waals surface area contributed by atoms with Gasteiger partial charge >= 0.3 is 5.97 Å². The molecule has 170 valence electrons. The minimum absolute atomic E-state index is 0.00886. The lowest BCUT2D eigenvalue weighted by Crippen LogP contribution is -2.24. The monoisotopic (exact) mass is 454 g/mol. The highest BCUT2D eigenvalue weighted by Gasteiger charge is 2.29. The molecule has 0 saturated heterocycles. The predicted octanol–water partition coefficient (Wildman–Crippen LogP) is 3.69. The lowest BCUT2D eigenvalue weighted by atomic mass is 9.99. The van der Waals surface area contributed by atoms with E-state index in [-0.39, 0.29) is 16.5 Å². The third-order valence-corrected chi connectivity index (χ3v) is 5.79. The quantitative estimate of drug-likeness (QED) is 0.260. The number of ether oxygens (including phenoxy) is 1. The molecule has 0 radical (unpaired) electrons. The number of nitrogens with two attached hydrogens (primary N) is 1. The summed E-state index contributed by atoms with van der Waals surface area (Å²) in [7, 11) is 1.10. The van der Waals surface area contributed by atoms with E-state index < -0.39 is 23.4 Å². The number of amides is 1. The van der Waals surface area contributed by atoms with Crippen LogP contribution in [0.1, 0.15) is 32.0 Å². The van der Waals surface area contributed by atoms with Gasteiger partial charge in [-0.25, -0.2) is 4.79 Å². The number of aromatic nitrogens is 1. The molecule has 1 aromatic heterocycles. The van der Waals surface area contributed by atoms with E-state index in [1.54, 1.807) is 19.1 Å². The van der Waals surface area contributed by atoms with Gasteiger partial charge in [-0.2, -0.15) is 0 Å². The highest BCUT2D eigenvalue weighted by molar-refractivity contribution is 6.48. The number of fused-ring (bicyclic) bond motifs is 1. The maximum Gasteiger partial charge on any atom is 0.379 e. The Morgan fingerprint density at radius 2 is 1.53 bits per heavy atom. The van der Waals surface area contributed by atoms with Crippen molar-refractivity contribution in [3.63, 3.8) is 0 Å². The van der Waals surface area contributed by atoms with Gasteiger partial charge in [-0.05, 0) is 41.8 Å². The summed E-state index contributed by atoms with van der Waals surface area (Å²) in [5.74, 6) is -4.04. The van der Waals surface area contributed by atoms with Crippen LogP contribution < -0.4 is 5.73 Å². The van der Waals surface area contributed by atoms with Gasteiger partial charge in [0, 0.05) is 23.2 Å². The number of nitrogens with zero attached hydrogens (tertiary/aromatic N) is 1. The zero-order valence-electron chi connectivity index (χ0n) is 18.7. The second kappa shape index (κ2) is 9.15. The van der Waals surface area contributed by atoms with E-state index in [4.69, 9.17) is 5.73 Å². The van der Waals surface area contributed by atoms with E-state index in [9.17, 15) is 19.2 Å². The Bertz CT molecular complexity index is 1450. The number of ketones is 2. The maximum absolute atomic E-state index is 12.8. The highest BCUT2D eigenvalue weighted by Crippen LogP contribution is 2.31. The number of carbonyl (C=O) groups excluding carboxylic acids is 4. The molecule has 3 aromatic carbocycles. The number of primary amides is 1. The van der Waals surface area contributed by atoms with Crippen LogP contribution in [0.15, 0.2) is 72.8 Å². The van der Waals surface area contributed by atoms with Gasteiger partial charge in [-0.15, -0.1) is 0 Å². The summed E-state index contributed by atoms with van der Waals surface area (Å²) in [5.41, 5.74) is 9.34. The number of carbonyl (C=O) groups is 4. The van der Waals surface area contributed by atoms with Crippen LogP contribution in [-0.2, 0) is 20.9 Å². The summed E-state index contributed by atoms with van der Waals surface area (Å²) in [6.45, 7) is 2.05. The summed E-state index contributed by atoms with van der Waals surface area (Å²) >= 11 is 0. The number of methoxy groups -OCH3 is 1. The molecule has 7 heteroatoms. The maximum atomic E-state index is 12.8. The van der Waals surface area contributed by atoms with Crippen molar-refractivity contribution in [3.05, 3.63) is 95.2 Å². The first-order valence-corrected chi connectivity index (χ1v) is 10.6. The molecule has 2 N–H and O–H groups in total. The minimum atomic E-state index is -1.14. The molecule has 4 rings (SSSR count). The third-order valence-electron chi connectivity index (χ3n) is 5.79. The van der Waals surface area contributed by atoms with Crippen LogP contribution in [0.4, 0.5) is 0 Å². The van der Waals surface area contributed by atoms with Crippen molar-refractivity contribution >= 4 is 34.3 Å². The van der Waals surface area contributed by atoms with Crippen molar-refractivity contribution in [2.45, 2.75) is 13.5 Å². The lowest BCUT2D eigenvalue weighted by Gasteiger charge is -2.11. The molecule has 0 aliphatic heterocycles. The van der Waals surface area contributed by atoms with Gasteiger partial charge in [0.2, 0.25) is 0 Å². The standard InChI is InChI=1S/C27H22N2O5/c1-16-22(25(31)26(28)32)23-20(24(30)27(33)34-2)12-7-13-21(23)29(16)15-17-8-6-11-19(14-17)18-9-4-3-5-10-18/h3-14H,15H2,1-2H3,(H2,28,32). The Morgan fingerprint density at radius 3 is 2.21 bits per heavy atom. The van der Waals surface area contributed by atoms with E-state index in [1.807, 2.05) is 59.2 Å². The van der Waals surface area contributed by atoms with Crippen LogP contribution in [-0.4, -0.2) is 35.1 Å². The van der Waals surface area contributed by atoms with E-state index in [1.165, 1.54) is 6.07 Å². The fourth-order valence-corrected chi connectivity index (χ4v) is 4.18. The number of benzene rings is 3. The Balaban J connectivity index is 1.90. The highest BCUT2D eigenvalue weighted by atomic mass is 16.5. The van der Waals surface area contributed by atoms with Gasteiger partial charge in [-0.3, -0.25) is 14.4 Å². The molecule has 0 aliphatic carbocycles. The van der Waals surface area contributed by atoms with Gasteiger partial charge in [0.15, 0.2) is 0 Å². The zero-order chi connectivity index (χ0) is 24.4. The van der Waals surface area contributed by atoms with Crippen LogP contribution in [0.5, 0.6) is 0 Å². The molecule has 0 aliphatic rings. The molecular formula is C27H22N2O5. The van der Waals surface area contributed by atoms with Crippen molar-refractivity contribution in [1.29, 1.82) is 0 Å². The van der Waals surface area contributed by atoms with Crippen LogP contribution in [0.2, 0.25) is 0 Å². The second-order valence-corrected chi connectivity index (χ2v) is 7.83. The topological polar surface area (TPSA) is 108 Å². The number of Topliss-reactive ketones (excluding diaryl/α,β-unsaturated/α-hetero) is 2. The smallest absolute Gasteiger partial charge is 0.379 e. The van der Waals surface area contributed by atoms with Crippen molar-refractivity contribution < 1.29 is 23.9 Å². The lowest BCUT2D eigenvalue weighted by molar-refractivity contribution is -0.135. The van der Waals surface area contributed by atoms with Crippen LogP contribution in [0.3, 0.4) is 0 Å². The van der Waals surface area contributed by atoms with Gasteiger partial charge in [0.05, 0.1) is 18.2 Å². The van der Waals surface area contributed by atoms with E-state index >= 15 is 0 Å². The molecule has 0 atom stereocenters. The Kier molecular flexibility index (Phi) is 6.10. The normalized spacial score (nSPS) is 10.8. The fourth-order valence-electron chi connectivity index (χ4n) is 4.18. The molecule has 7 nitrogen and oxygen atoms in total. The molecule has 0 saturated carbocycles. The summed E-state index contributed by atoms with van der Waals surface area (Å²) in [6.07, 6.45) is 0. The van der Waals surface area contributed by atoms with E-state index in [2.05, 4.69) is 4.74 Å². The van der Waals surface area contributed by atoms with Crippen molar-refractivity contribution in [2.24, 2.45) is 5.73 Å². The van der Waals surface area contributed by atoms with Gasteiger partial charge < -0.3 is 15.0 Å². The molecule has 0 unspecified atom stereocenters. The molecule has 0 bridgehead atoms. The minimum Gasteiger partial charge on any atom is -0.463 e. The Morgan fingerprint density at radius 1 is 0.853 bits per heavy atom. The first-order chi connectivity index (χ1) is 16.3. The summed E-state index contributed by atoms with van der Waals surface area (Å²) in [4.78, 5) is 49.3. The summed E-state index contributed by atoms with van der Waals surface area (Å²) < 4.78 is 6.42. The summed E-state index contributed by atoms with van der Waals surface area (Å²) in [6, 6.07) is 22.6. The Hall–Kier alpha value is -4.52. The molecule has 34 heavy (non-hydrogen) atoms.